The quantitative estimate of drug-likeness (QED) is 0.868. The standard InChI is InChI=1S/C19H17FN2O3/c1-12(2)10-22-16-8-7-13(9-17(16)25-11-18(22)23)21-19(24)14-5-3-4-6-15(14)20/h3-9H,1,10-11H2,2H3,(H,21,24). The molecule has 2 aromatic carbocycles. The van der Waals surface area contributed by atoms with Crippen molar-refractivity contribution in [3.8, 4) is 5.75 Å². The molecule has 25 heavy (non-hydrogen) atoms. The number of anilines is 2. The molecule has 1 aliphatic rings. The summed E-state index contributed by atoms with van der Waals surface area (Å²) >= 11 is 0. The van der Waals surface area contributed by atoms with Gasteiger partial charge in [0.25, 0.3) is 11.8 Å². The highest BCUT2D eigenvalue weighted by Gasteiger charge is 2.25. The number of nitrogens with one attached hydrogen (secondary N) is 1. The summed E-state index contributed by atoms with van der Waals surface area (Å²) in [7, 11) is 0. The molecule has 128 valence electrons. The average Bonchev–Trinajstić information content (AvgIpc) is 2.57. The third-order valence-electron chi connectivity index (χ3n) is 3.71. The first-order valence-electron chi connectivity index (χ1n) is 7.73. The van der Waals surface area contributed by atoms with Gasteiger partial charge in [-0.25, -0.2) is 4.39 Å². The van der Waals surface area contributed by atoms with Crippen molar-refractivity contribution < 1.29 is 18.7 Å². The van der Waals surface area contributed by atoms with Crippen molar-refractivity contribution in [3.63, 3.8) is 0 Å². The zero-order valence-corrected chi connectivity index (χ0v) is 13.7. The summed E-state index contributed by atoms with van der Waals surface area (Å²) in [5.41, 5.74) is 1.87. The maximum atomic E-state index is 13.7. The van der Waals surface area contributed by atoms with Gasteiger partial charge in [0.1, 0.15) is 11.6 Å². The zero-order valence-electron chi connectivity index (χ0n) is 13.7. The number of rotatable bonds is 4. The average molecular weight is 340 g/mol. The molecule has 1 aliphatic heterocycles. The summed E-state index contributed by atoms with van der Waals surface area (Å²) in [6.07, 6.45) is 0. The molecule has 0 aromatic heterocycles. The Kier molecular flexibility index (Phi) is 4.52. The Morgan fingerprint density at radius 3 is 2.80 bits per heavy atom. The molecule has 0 fully saturated rings. The van der Waals surface area contributed by atoms with Gasteiger partial charge in [0, 0.05) is 18.3 Å². The Morgan fingerprint density at radius 2 is 2.08 bits per heavy atom. The van der Waals surface area contributed by atoms with Gasteiger partial charge in [-0.15, -0.1) is 0 Å². The van der Waals surface area contributed by atoms with E-state index in [1.54, 1.807) is 29.2 Å². The van der Waals surface area contributed by atoms with Crippen LogP contribution in [0, 0.1) is 5.82 Å². The first-order valence-corrected chi connectivity index (χ1v) is 7.73. The molecule has 0 radical (unpaired) electrons. The molecule has 0 spiro atoms. The predicted molar refractivity (Wildman–Crippen MR) is 93.5 cm³/mol. The van der Waals surface area contributed by atoms with Gasteiger partial charge in [-0.05, 0) is 31.2 Å². The third-order valence-corrected chi connectivity index (χ3v) is 3.71. The van der Waals surface area contributed by atoms with E-state index in [0.717, 1.165) is 5.57 Å². The number of benzene rings is 2. The fraction of sp³-hybridized carbons (Fsp3) is 0.158. The lowest BCUT2D eigenvalue weighted by atomic mass is 10.1. The van der Waals surface area contributed by atoms with Crippen molar-refractivity contribution in [2.75, 3.05) is 23.4 Å². The molecule has 1 heterocycles. The van der Waals surface area contributed by atoms with Crippen LogP contribution in [0.15, 0.2) is 54.6 Å². The second kappa shape index (κ2) is 6.76. The van der Waals surface area contributed by atoms with Crippen molar-refractivity contribution in [2.24, 2.45) is 0 Å². The molecular weight excluding hydrogens is 323 g/mol. The van der Waals surface area contributed by atoms with E-state index >= 15 is 0 Å². The molecule has 1 N–H and O–H groups in total. The summed E-state index contributed by atoms with van der Waals surface area (Å²) in [4.78, 5) is 25.8. The number of halogens is 1. The van der Waals surface area contributed by atoms with Gasteiger partial charge in [0.05, 0.1) is 11.3 Å². The Balaban J connectivity index is 1.84. The van der Waals surface area contributed by atoms with Crippen LogP contribution in [0.3, 0.4) is 0 Å². The predicted octanol–water partition coefficient (Wildman–Crippen LogP) is 3.38. The molecule has 0 unspecified atom stereocenters. The van der Waals surface area contributed by atoms with Crippen molar-refractivity contribution in [1.82, 2.24) is 0 Å². The van der Waals surface area contributed by atoms with Gasteiger partial charge >= 0.3 is 0 Å². The molecule has 0 atom stereocenters. The zero-order chi connectivity index (χ0) is 18.0. The molecule has 3 rings (SSSR count). The SMILES string of the molecule is C=C(C)CN1C(=O)COc2cc(NC(=O)c3ccccc3F)ccc21. The highest BCUT2D eigenvalue weighted by molar-refractivity contribution is 6.05. The molecular formula is C19H17FN2O3. The van der Waals surface area contributed by atoms with Crippen LogP contribution in [0.1, 0.15) is 17.3 Å². The van der Waals surface area contributed by atoms with Crippen LogP contribution >= 0.6 is 0 Å². The van der Waals surface area contributed by atoms with E-state index in [0.29, 0.717) is 23.7 Å². The fourth-order valence-corrected chi connectivity index (χ4v) is 2.57. The number of carbonyl (C=O) groups excluding carboxylic acids is 2. The molecule has 0 saturated heterocycles. The number of hydrogen-bond donors (Lipinski definition) is 1. The number of carbonyl (C=O) groups is 2. The molecule has 6 heteroatoms. The van der Waals surface area contributed by atoms with Gasteiger partial charge in [0.15, 0.2) is 6.61 Å². The molecule has 2 aromatic rings. The normalized spacial score (nSPS) is 13.0. The van der Waals surface area contributed by atoms with E-state index in [-0.39, 0.29) is 18.1 Å². The number of nitrogens with zero attached hydrogens (tertiary/aromatic N) is 1. The summed E-state index contributed by atoms with van der Waals surface area (Å²) < 4.78 is 19.1. The van der Waals surface area contributed by atoms with E-state index in [2.05, 4.69) is 11.9 Å². The summed E-state index contributed by atoms with van der Waals surface area (Å²) in [5, 5.41) is 2.64. The summed E-state index contributed by atoms with van der Waals surface area (Å²) in [6, 6.07) is 10.7. The Labute approximate surface area is 144 Å². The fourth-order valence-electron chi connectivity index (χ4n) is 2.57. The van der Waals surface area contributed by atoms with Crippen LogP contribution in [0.5, 0.6) is 5.75 Å². The first kappa shape index (κ1) is 16.7. The molecule has 5 nitrogen and oxygen atoms in total. The van der Waals surface area contributed by atoms with Gasteiger partial charge in [-0.2, -0.15) is 0 Å². The van der Waals surface area contributed by atoms with Crippen molar-refractivity contribution in [1.29, 1.82) is 0 Å². The number of ether oxygens (including phenoxy) is 1. The lowest BCUT2D eigenvalue weighted by Crippen LogP contribution is -2.39. The van der Waals surface area contributed by atoms with Crippen LogP contribution in [-0.4, -0.2) is 25.0 Å². The van der Waals surface area contributed by atoms with E-state index < -0.39 is 11.7 Å². The van der Waals surface area contributed by atoms with Crippen LogP contribution in [-0.2, 0) is 4.79 Å². The summed E-state index contributed by atoms with van der Waals surface area (Å²) in [5.74, 6) is -0.818. The van der Waals surface area contributed by atoms with E-state index in [1.165, 1.54) is 18.2 Å². The highest BCUT2D eigenvalue weighted by atomic mass is 19.1. The van der Waals surface area contributed by atoms with Gasteiger partial charge in [-0.1, -0.05) is 24.3 Å². The van der Waals surface area contributed by atoms with Crippen LogP contribution in [0.25, 0.3) is 0 Å². The Hall–Kier alpha value is -3.15. The number of fused-ring (bicyclic) bond motifs is 1. The van der Waals surface area contributed by atoms with Crippen molar-refractivity contribution in [3.05, 3.63) is 66.0 Å². The molecule has 0 saturated carbocycles. The van der Waals surface area contributed by atoms with Crippen molar-refractivity contribution in [2.45, 2.75) is 6.92 Å². The van der Waals surface area contributed by atoms with E-state index in [1.807, 2.05) is 6.92 Å². The monoisotopic (exact) mass is 340 g/mol. The summed E-state index contributed by atoms with van der Waals surface area (Å²) in [6.45, 7) is 5.99. The highest BCUT2D eigenvalue weighted by Crippen LogP contribution is 2.35. The second-order valence-corrected chi connectivity index (χ2v) is 5.84. The van der Waals surface area contributed by atoms with Crippen LogP contribution in [0.4, 0.5) is 15.8 Å². The maximum Gasteiger partial charge on any atom is 0.265 e. The number of hydrogen-bond acceptors (Lipinski definition) is 3. The molecule has 0 bridgehead atoms. The van der Waals surface area contributed by atoms with Crippen molar-refractivity contribution >= 4 is 23.2 Å². The smallest absolute Gasteiger partial charge is 0.265 e. The maximum absolute atomic E-state index is 13.7. The molecule has 0 aliphatic carbocycles. The molecule has 2 amide bonds. The second-order valence-electron chi connectivity index (χ2n) is 5.84. The lowest BCUT2D eigenvalue weighted by molar-refractivity contribution is -0.121. The largest absolute Gasteiger partial charge is 0.481 e. The number of amides is 2. The van der Waals surface area contributed by atoms with Gasteiger partial charge in [-0.3, -0.25) is 9.59 Å². The lowest BCUT2D eigenvalue weighted by Gasteiger charge is -2.29. The minimum atomic E-state index is -0.590. The topological polar surface area (TPSA) is 58.6 Å². The van der Waals surface area contributed by atoms with Gasteiger partial charge < -0.3 is 15.0 Å². The Morgan fingerprint density at radius 1 is 1.32 bits per heavy atom. The first-order chi connectivity index (χ1) is 12.0. The van der Waals surface area contributed by atoms with Crippen LogP contribution < -0.4 is 15.0 Å². The minimum Gasteiger partial charge on any atom is -0.481 e. The minimum absolute atomic E-state index is 0.0415. The Bertz CT molecular complexity index is 863. The van der Waals surface area contributed by atoms with E-state index in [9.17, 15) is 14.0 Å². The van der Waals surface area contributed by atoms with Gasteiger partial charge in [0.2, 0.25) is 0 Å². The van der Waals surface area contributed by atoms with Crippen LogP contribution in [0.2, 0.25) is 0 Å². The van der Waals surface area contributed by atoms with E-state index in [4.69, 9.17) is 4.74 Å². The third kappa shape index (κ3) is 3.52.